The standard InChI is InChI=1S/C15H22N4O2/c20-15(13-3-1-2-6-16-13)18-12-4-5-14(17-11-12)19-7-9-21-10-8-19/h4-5,11,13,16H,1-3,6-10H2,(H,18,20)/t13-/m1/s1. The molecule has 1 aromatic heterocycles. The van der Waals surface area contributed by atoms with E-state index >= 15 is 0 Å². The van der Waals surface area contributed by atoms with E-state index < -0.39 is 0 Å². The van der Waals surface area contributed by atoms with Gasteiger partial charge in [-0.1, -0.05) is 6.42 Å². The Kier molecular flexibility index (Phi) is 4.67. The van der Waals surface area contributed by atoms with E-state index in [0.717, 1.165) is 63.6 Å². The molecule has 0 spiro atoms. The molecule has 0 radical (unpaired) electrons. The second-order valence-electron chi connectivity index (χ2n) is 5.50. The molecule has 1 atom stereocenters. The third-order valence-electron chi connectivity index (χ3n) is 3.98. The zero-order valence-corrected chi connectivity index (χ0v) is 12.2. The minimum absolute atomic E-state index is 0.0376. The average molecular weight is 290 g/mol. The molecule has 0 bridgehead atoms. The fourth-order valence-electron chi connectivity index (χ4n) is 2.74. The van der Waals surface area contributed by atoms with Crippen LogP contribution in [-0.4, -0.2) is 49.8 Å². The number of nitrogens with one attached hydrogen (secondary N) is 2. The quantitative estimate of drug-likeness (QED) is 0.869. The van der Waals surface area contributed by atoms with Crippen molar-refractivity contribution in [2.45, 2.75) is 25.3 Å². The van der Waals surface area contributed by atoms with E-state index in [1.165, 1.54) is 0 Å². The van der Waals surface area contributed by atoms with E-state index in [1.54, 1.807) is 6.20 Å². The van der Waals surface area contributed by atoms with Crippen molar-refractivity contribution in [3.05, 3.63) is 18.3 Å². The largest absolute Gasteiger partial charge is 0.378 e. The highest BCUT2D eigenvalue weighted by Gasteiger charge is 2.20. The lowest BCUT2D eigenvalue weighted by atomic mass is 10.0. The van der Waals surface area contributed by atoms with Gasteiger partial charge in [0, 0.05) is 13.1 Å². The van der Waals surface area contributed by atoms with Gasteiger partial charge in [0.2, 0.25) is 5.91 Å². The molecule has 2 saturated heterocycles. The van der Waals surface area contributed by atoms with Crippen LogP contribution in [0.3, 0.4) is 0 Å². The zero-order chi connectivity index (χ0) is 14.5. The minimum atomic E-state index is -0.0716. The highest BCUT2D eigenvalue weighted by Crippen LogP contribution is 2.16. The number of carbonyl (C=O) groups is 1. The van der Waals surface area contributed by atoms with Gasteiger partial charge in [-0.2, -0.15) is 0 Å². The molecule has 3 heterocycles. The van der Waals surface area contributed by atoms with Gasteiger partial charge in [-0.05, 0) is 31.5 Å². The summed E-state index contributed by atoms with van der Waals surface area (Å²) in [5.74, 6) is 0.975. The molecule has 2 aliphatic heterocycles. The van der Waals surface area contributed by atoms with Crippen molar-refractivity contribution >= 4 is 17.4 Å². The Morgan fingerprint density at radius 3 is 2.86 bits per heavy atom. The molecule has 6 heteroatoms. The molecule has 114 valence electrons. The van der Waals surface area contributed by atoms with Crippen LogP contribution < -0.4 is 15.5 Å². The first-order chi connectivity index (χ1) is 10.3. The van der Waals surface area contributed by atoms with Crippen LogP contribution >= 0.6 is 0 Å². The highest BCUT2D eigenvalue weighted by atomic mass is 16.5. The number of hydrogen-bond donors (Lipinski definition) is 2. The molecular weight excluding hydrogens is 268 g/mol. The Bertz CT molecular complexity index is 465. The molecule has 0 aliphatic carbocycles. The van der Waals surface area contributed by atoms with E-state index in [1.807, 2.05) is 12.1 Å². The maximum atomic E-state index is 12.1. The van der Waals surface area contributed by atoms with E-state index in [-0.39, 0.29) is 11.9 Å². The maximum absolute atomic E-state index is 12.1. The number of morpholine rings is 1. The third-order valence-corrected chi connectivity index (χ3v) is 3.98. The Balaban J connectivity index is 1.57. The average Bonchev–Trinajstić information content (AvgIpc) is 2.57. The topological polar surface area (TPSA) is 66.5 Å². The highest BCUT2D eigenvalue weighted by molar-refractivity contribution is 5.94. The second-order valence-corrected chi connectivity index (χ2v) is 5.50. The molecule has 6 nitrogen and oxygen atoms in total. The smallest absolute Gasteiger partial charge is 0.241 e. The first-order valence-corrected chi connectivity index (χ1v) is 7.66. The van der Waals surface area contributed by atoms with Gasteiger partial charge in [0.25, 0.3) is 0 Å². The first kappa shape index (κ1) is 14.3. The molecule has 2 aliphatic rings. The summed E-state index contributed by atoms with van der Waals surface area (Å²) < 4.78 is 5.33. The van der Waals surface area contributed by atoms with Crippen LogP contribution in [0.15, 0.2) is 18.3 Å². The van der Waals surface area contributed by atoms with Gasteiger partial charge >= 0.3 is 0 Å². The number of hydrogen-bond acceptors (Lipinski definition) is 5. The number of carbonyl (C=O) groups excluding carboxylic acids is 1. The lowest BCUT2D eigenvalue weighted by Crippen LogP contribution is -2.43. The Labute approximate surface area is 124 Å². The minimum Gasteiger partial charge on any atom is -0.378 e. The van der Waals surface area contributed by atoms with Gasteiger partial charge in [-0.25, -0.2) is 4.98 Å². The van der Waals surface area contributed by atoms with Gasteiger partial charge in [-0.15, -0.1) is 0 Å². The number of nitrogens with zero attached hydrogens (tertiary/aromatic N) is 2. The summed E-state index contributed by atoms with van der Waals surface area (Å²) in [7, 11) is 0. The van der Waals surface area contributed by atoms with Gasteiger partial charge in [-0.3, -0.25) is 4.79 Å². The lowest BCUT2D eigenvalue weighted by Gasteiger charge is -2.27. The van der Waals surface area contributed by atoms with Crippen molar-refractivity contribution in [2.24, 2.45) is 0 Å². The van der Waals surface area contributed by atoms with Gasteiger partial charge in [0.1, 0.15) is 5.82 Å². The van der Waals surface area contributed by atoms with Crippen molar-refractivity contribution in [1.29, 1.82) is 0 Å². The second kappa shape index (κ2) is 6.87. The van der Waals surface area contributed by atoms with E-state index in [2.05, 4.69) is 20.5 Å². The van der Waals surface area contributed by atoms with Crippen molar-refractivity contribution in [3.8, 4) is 0 Å². The van der Waals surface area contributed by atoms with Crippen molar-refractivity contribution in [1.82, 2.24) is 10.3 Å². The summed E-state index contributed by atoms with van der Waals surface area (Å²) in [5.41, 5.74) is 0.754. The van der Waals surface area contributed by atoms with Crippen LogP contribution in [-0.2, 0) is 9.53 Å². The maximum Gasteiger partial charge on any atom is 0.241 e. The SMILES string of the molecule is O=C(Nc1ccc(N2CCOCC2)nc1)[C@H]1CCCCN1. The molecule has 1 amide bonds. The first-order valence-electron chi connectivity index (χ1n) is 7.66. The summed E-state index contributed by atoms with van der Waals surface area (Å²) in [6, 6.07) is 3.80. The number of ether oxygens (including phenoxy) is 1. The third kappa shape index (κ3) is 3.71. The summed E-state index contributed by atoms with van der Waals surface area (Å²) in [6.45, 7) is 4.14. The van der Waals surface area contributed by atoms with E-state index in [4.69, 9.17) is 4.74 Å². The molecule has 3 rings (SSSR count). The Morgan fingerprint density at radius 2 is 2.19 bits per heavy atom. The normalized spacial score (nSPS) is 22.9. The van der Waals surface area contributed by atoms with Crippen molar-refractivity contribution in [2.75, 3.05) is 43.1 Å². The van der Waals surface area contributed by atoms with Crippen LogP contribution in [0.4, 0.5) is 11.5 Å². The van der Waals surface area contributed by atoms with Gasteiger partial charge in [0.05, 0.1) is 31.1 Å². The number of anilines is 2. The molecule has 2 fully saturated rings. The Hall–Kier alpha value is -1.66. The van der Waals surface area contributed by atoms with Crippen LogP contribution in [0.1, 0.15) is 19.3 Å². The van der Waals surface area contributed by atoms with E-state index in [0.29, 0.717) is 0 Å². The van der Waals surface area contributed by atoms with Crippen LogP contribution in [0, 0.1) is 0 Å². The molecule has 0 saturated carbocycles. The van der Waals surface area contributed by atoms with Crippen molar-refractivity contribution in [3.63, 3.8) is 0 Å². The lowest BCUT2D eigenvalue weighted by molar-refractivity contribution is -0.118. The number of piperidine rings is 1. The van der Waals surface area contributed by atoms with E-state index in [9.17, 15) is 4.79 Å². The summed E-state index contributed by atoms with van der Waals surface area (Å²) >= 11 is 0. The summed E-state index contributed by atoms with van der Waals surface area (Å²) in [4.78, 5) is 18.8. The fourth-order valence-corrected chi connectivity index (χ4v) is 2.74. The monoisotopic (exact) mass is 290 g/mol. The predicted molar refractivity (Wildman–Crippen MR) is 81.5 cm³/mol. The van der Waals surface area contributed by atoms with Gasteiger partial charge in [0.15, 0.2) is 0 Å². The molecule has 0 aromatic carbocycles. The molecule has 1 aromatic rings. The fraction of sp³-hybridized carbons (Fsp3) is 0.600. The zero-order valence-electron chi connectivity index (χ0n) is 12.2. The molecule has 2 N–H and O–H groups in total. The number of pyridine rings is 1. The van der Waals surface area contributed by atoms with Crippen molar-refractivity contribution < 1.29 is 9.53 Å². The molecule has 21 heavy (non-hydrogen) atoms. The Morgan fingerprint density at radius 1 is 1.33 bits per heavy atom. The van der Waals surface area contributed by atoms with Crippen LogP contribution in [0.2, 0.25) is 0 Å². The number of rotatable bonds is 3. The number of amides is 1. The van der Waals surface area contributed by atoms with Crippen LogP contribution in [0.5, 0.6) is 0 Å². The predicted octanol–water partition coefficient (Wildman–Crippen LogP) is 0.999. The summed E-state index contributed by atoms with van der Waals surface area (Å²) in [5, 5.41) is 6.18. The molecule has 0 unspecified atom stereocenters. The molecular formula is C15H22N4O2. The number of aromatic nitrogens is 1. The summed E-state index contributed by atoms with van der Waals surface area (Å²) in [6.07, 6.45) is 4.90. The van der Waals surface area contributed by atoms with Gasteiger partial charge < -0.3 is 20.3 Å². The van der Waals surface area contributed by atoms with Crippen LogP contribution in [0.25, 0.3) is 0 Å².